The molecule has 3 aromatic rings. The molecule has 7 nitrogen and oxygen atoms in total. The summed E-state index contributed by atoms with van der Waals surface area (Å²) in [6.45, 7) is 9.68. The molecule has 0 spiro atoms. The molecule has 0 radical (unpaired) electrons. The minimum atomic E-state index is -0.786. The molecule has 1 aromatic carbocycles. The summed E-state index contributed by atoms with van der Waals surface area (Å²) in [7, 11) is 1.83. The fourth-order valence-corrected chi connectivity index (χ4v) is 4.46. The van der Waals surface area contributed by atoms with Gasteiger partial charge in [-0.1, -0.05) is 51.1 Å². The van der Waals surface area contributed by atoms with Gasteiger partial charge in [-0.2, -0.15) is 0 Å². The molecule has 1 amide bonds. The van der Waals surface area contributed by atoms with E-state index >= 15 is 0 Å². The number of aliphatic carboxylic acids is 1. The topological polar surface area (TPSA) is 89.5 Å². The van der Waals surface area contributed by atoms with Crippen LogP contribution in [0.15, 0.2) is 48.7 Å². The number of pyridine rings is 1. The number of piperidine rings is 1. The van der Waals surface area contributed by atoms with Crippen LogP contribution in [0.1, 0.15) is 57.1 Å². The Labute approximate surface area is 208 Å². The van der Waals surface area contributed by atoms with Crippen LogP contribution in [0.4, 0.5) is 5.82 Å². The van der Waals surface area contributed by atoms with E-state index in [-0.39, 0.29) is 18.2 Å². The van der Waals surface area contributed by atoms with Gasteiger partial charge >= 0.3 is 5.97 Å². The van der Waals surface area contributed by atoms with Crippen molar-refractivity contribution in [3.8, 4) is 0 Å². The highest BCUT2D eigenvalue weighted by atomic mass is 16.4. The minimum absolute atomic E-state index is 0.0200. The second-order valence-electron chi connectivity index (χ2n) is 9.28. The summed E-state index contributed by atoms with van der Waals surface area (Å²) in [5, 5.41) is 8.37. The summed E-state index contributed by atoms with van der Waals surface area (Å²) in [5.74, 6) is 0.653. The van der Waals surface area contributed by atoms with Gasteiger partial charge in [0.15, 0.2) is 0 Å². The lowest BCUT2D eigenvalue weighted by Gasteiger charge is -2.30. The van der Waals surface area contributed by atoms with Crippen molar-refractivity contribution in [2.24, 2.45) is 5.92 Å². The number of nitrogens with one attached hydrogen (secondary N) is 1. The van der Waals surface area contributed by atoms with E-state index in [9.17, 15) is 9.59 Å². The van der Waals surface area contributed by atoms with Gasteiger partial charge in [0.25, 0.3) is 0 Å². The van der Waals surface area contributed by atoms with E-state index < -0.39 is 5.97 Å². The Bertz CT molecular complexity index is 1100. The third kappa shape index (κ3) is 6.92. The lowest BCUT2D eigenvalue weighted by Crippen LogP contribution is -2.32. The van der Waals surface area contributed by atoms with Gasteiger partial charge in [0.1, 0.15) is 5.82 Å². The number of anilines is 1. The number of fused-ring (bicyclic) bond motifs is 1. The molecule has 0 aliphatic carbocycles. The molecular weight excluding hydrogens is 440 g/mol. The zero-order valence-electron chi connectivity index (χ0n) is 21.3. The predicted octanol–water partition coefficient (Wildman–Crippen LogP) is 5.08. The number of likely N-dealkylation sites (tertiary alicyclic amines) is 1. The Morgan fingerprint density at radius 2 is 1.83 bits per heavy atom. The fraction of sp³-hybridized carbons (Fsp3) is 0.464. The van der Waals surface area contributed by atoms with Gasteiger partial charge < -0.3 is 15.0 Å². The van der Waals surface area contributed by atoms with Crippen molar-refractivity contribution < 1.29 is 14.7 Å². The van der Waals surface area contributed by atoms with Gasteiger partial charge in [0, 0.05) is 19.2 Å². The Balaban J connectivity index is 0.000000287. The molecule has 35 heavy (non-hydrogen) atoms. The SMILES string of the molecule is CCC(C)C(=O)N(C)c1ccc2[nH]cc(C3CCN(CC)CC3)c2n1.O=C(O)Cc1ccccc1. The van der Waals surface area contributed by atoms with E-state index in [1.165, 1.54) is 18.4 Å². The number of aromatic nitrogens is 2. The molecule has 0 bridgehead atoms. The second kappa shape index (κ2) is 12.5. The summed E-state index contributed by atoms with van der Waals surface area (Å²) >= 11 is 0. The maximum atomic E-state index is 12.5. The number of benzene rings is 1. The average molecular weight is 479 g/mol. The zero-order chi connectivity index (χ0) is 25.4. The largest absolute Gasteiger partial charge is 0.481 e. The van der Waals surface area contributed by atoms with Crippen molar-refractivity contribution in [3.63, 3.8) is 0 Å². The van der Waals surface area contributed by atoms with E-state index in [0.717, 1.165) is 48.5 Å². The lowest BCUT2D eigenvalue weighted by atomic mass is 9.90. The molecule has 4 rings (SSSR count). The van der Waals surface area contributed by atoms with Crippen molar-refractivity contribution in [2.75, 3.05) is 31.6 Å². The number of rotatable bonds is 7. The molecule has 188 valence electrons. The molecule has 1 fully saturated rings. The number of carboxylic acids is 1. The predicted molar refractivity (Wildman–Crippen MR) is 141 cm³/mol. The van der Waals surface area contributed by atoms with Crippen molar-refractivity contribution in [3.05, 3.63) is 59.8 Å². The van der Waals surface area contributed by atoms with Gasteiger partial charge in [0.2, 0.25) is 5.91 Å². The number of aromatic amines is 1. The average Bonchev–Trinajstić information content (AvgIpc) is 3.31. The third-order valence-corrected chi connectivity index (χ3v) is 6.92. The van der Waals surface area contributed by atoms with Gasteiger partial charge in [-0.15, -0.1) is 0 Å². The third-order valence-electron chi connectivity index (χ3n) is 6.92. The molecule has 2 N–H and O–H groups in total. The van der Waals surface area contributed by atoms with Gasteiger partial charge in [0.05, 0.1) is 17.5 Å². The number of amides is 1. The summed E-state index contributed by atoms with van der Waals surface area (Å²) in [5.41, 5.74) is 4.23. The maximum absolute atomic E-state index is 12.5. The maximum Gasteiger partial charge on any atom is 0.307 e. The van der Waals surface area contributed by atoms with Crippen LogP contribution in [0.5, 0.6) is 0 Å². The molecule has 1 saturated heterocycles. The number of H-pyrrole nitrogens is 1. The normalized spacial score (nSPS) is 15.3. The van der Waals surface area contributed by atoms with Crippen LogP contribution >= 0.6 is 0 Å². The van der Waals surface area contributed by atoms with Crippen molar-refractivity contribution in [2.45, 2.75) is 52.4 Å². The number of carbonyl (C=O) groups excluding carboxylic acids is 1. The van der Waals surface area contributed by atoms with Gasteiger partial charge in [-0.25, -0.2) is 4.98 Å². The minimum Gasteiger partial charge on any atom is -0.481 e. The van der Waals surface area contributed by atoms with Crippen molar-refractivity contribution >= 4 is 28.7 Å². The van der Waals surface area contributed by atoms with Crippen molar-refractivity contribution in [1.82, 2.24) is 14.9 Å². The highest BCUT2D eigenvalue weighted by molar-refractivity contribution is 5.94. The Kier molecular flexibility index (Phi) is 9.43. The molecule has 1 aliphatic heterocycles. The molecule has 0 saturated carbocycles. The van der Waals surface area contributed by atoms with Crippen LogP contribution in [0.25, 0.3) is 11.0 Å². The van der Waals surface area contributed by atoms with Crippen LogP contribution in [-0.4, -0.2) is 58.5 Å². The molecule has 1 atom stereocenters. The smallest absolute Gasteiger partial charge is 0.307 e. The molecule has 1 aliphatic rings. The van der Waals surface area contributed by atoms with E-state index in [0.29, 0.717) is 5.92 Å². The first-order valence-electron chi connectivity index (χ1n) is 12.6. The second-order valence-corrected chi connectivity index (χ2v) is 9.28. The van der Waals surface area contributed by atoms with E-state index in [1.54, 1.807) is 17.0 Å². The number of carbonyl (C=O) groups is 2. The van der Waals surface area contributed by atoms with E-state index in [1.807, 2.05) is 51.2 Å². The van der Waals surface area contributed by atoms with Gasteiger partial charge in [-0.05, 0) is 68.1 Å². The number of hydrogen-bond acceptors (Lipinski definition) is 4. The molecule has 3 heterocycles. The molecule has 2 aromatic heterocycles. The standard InChI is InChI=1S/C20H30N4O.C8H8O2/c1-5-14(3)20(25)23(4)18-8-7-17-19(22-18)16(13-21-17)15-9-11-24(6-2)12-10-15;9-8(10)6-7-4-2-1-3-5-7/h7-8,13-15,21H,5-6,9-12H2,1-4H3;1-5H,6H2,(H,9,10). The van der Waals surface area contributed by atoms with Crippen LogP contribution in [-0.2, 0) is 16.0 Å². The molecule has 1 unspecified atom stereocenters. The highest BCUT2D eigenvalue weighted by Gasteiger charge is 2.24. The summed E-state index contributed by atoms with van der Waals surface area (Å²) < 4.78 is 0. The highest BCUT2D eigenvalue weighted by Crippen LogP contribution is 2.33. The molecule has 7 heteroatoms. The fourth-order valence-electron chi connectivity index (χ4n) is 4.46. The number of carboxylic acid groups (broad SMARTS) is 1. The summed E-state index contributed by atoms with van der Waals surface area (Å²) in [4.78, 5) is 35.1. The number of nitrogens with zero attached hydrogens (tertiary/aromatic N) is 3. The lowest BCUT2D eigenvalue weighted by molar-refractivity contribution is -0.136. The van der Waals surface area contributed by atoms with Crippen LogP contribution in [0.2, 0.25) is 0 Å². The quantitative estimate of drug-likeness (QED) is 0.494. The Hall–Kier alpha value is -3.19. The van der Waals surface area contributed by atoms with Crippen LogP contribution in [0, 0.1) is 5.92 Å². The Morgan fingerprint density at radius 1 is 1.14 bits per heavy atom. The number of hydrogen-bond donors (Lipinski definition) is 2. The Morgan fingerprint density at radius 3 is 2.43 bits per heavy atom. The van der Waals surface area contributed by atoms with E-state index in [4.69, 9.17) is 10.1 Å². The molecular formula is C28H38N4O3. The van der Waals surface area contributed by atoms with E-state index in [2.05, 4.69) is 23.0 Å². The first kappa shape index (κ1) is 26.4. The monoisotopic (exact) mass is 478 g/mol. The van der Waals surface area contributed by atoms with Crippen molar-refractivity contribution in [1.29, 1.82) is 0 Å². The van der Waals surface area contributed by atoms with Gasteiger partial charge in [-0.3, -0.25) is 14.5 Å². The zero-order valence-corrected chi connectivity index (χ0v) is 21.3. The first-order chi connectivity index (χ1) is 16.8. The summed E-state index contributed by atoms with van der Waals surface area (Å²) in [6.07, 6.45) is 5.42. The first-order valence-corrected chi connectivity index (χ1v) is 12.6. The summed E-state index contributed by atoms with van der Waals surface area (Å²) in [6, 6.07) is 13.1. The van der Waals surface area contributed by atoms with Crippen LogP contribution < -0.4 is 4.90 Å². The van der Waals surface area contributed by atoms with Crippen LogP contribution in [0.3, 0.4) is 0 Å².